The van der Waals surface area contributed by atoms with Crippen LogP contribution in [0.3, 0.4) is 0 Å². The van der Waals surface area contributed by atoms with Crippen LogP contribution in [0.4, 0.5) is 0 Å². The van der Waals surface area contributed by atoms with Crippen LogP contribution in [0.15, 0.2) is 79.5 Å². The second-order valence-electron chi connectivity index (χ2n) is 8.60. The van der Waals surface area contributed by atoms with Crippen molar-refractivity contribution in [2.75, 3.05) is 0 Å². The van der Waals surface area contributed by atoms with Crippen LogP contribution in [-0.4, -0.2) is 34.5 Å². The third-order valence-corrected chi connectivity index (χ3v) is 6.19. The molecule has 0 spiro atoms. The lowest BCUT2D eigenvalue weighted by Crippen LogP contribution is -2.19. The van der Waals surface area contributed by atoms with Gasteiger partial charge < -0.3 is 10.3 Å². The predicted molar refractivity (Wildman–Crippen MR) is 136 cm³/mol. The molecule has 8 nitrogen and oxygen atoms in total. The van der Waals surface area contributed by atoms with E-state index >= 15 is 0 Å². The van der Waals surface area contributed by atoms with Gasteiger partial charge in [0, 0.05) is 41.3 Å². The van der Waals surface area contributed by atoms with Crippen molar-refractivity contribution < 1.29 is 0 Å². The van der Waals surface area contributed by atoms with Gasteiger partial charge in [-0.15, -0.1) is 0 Å². The van der Waals surface area contributed by atoms with E-state index in [9.17, 15) is 0 Å². The Labute approximate surface area is 202 Å². The second kappa shape index (κ2) is 8.73. The molecule has 5 aromatic heterocycles. The van der Waals surface area contributed by atoms with E-state index in [1.165, 1.54) is 5.39 Å². The van der Waals surface area contributed by atoms with Crippen molar-refractivity contribution in [2.45, 2.75) is 26.4 Å². The minimum Gasteiger partial charge on any atom is -0.339 e. The maximum atomic E-state index is 4.97. The summed E-state index contributed by atoms with van der Waals surface area (Å²) >= 11 is 0. The molecule has 1 aromatic carbocycles. The topological polar surface area (TPSA) is 96.7 Å². The van der Waals surface area contributed by atoms with Crippen LogP contribution >= 0.6 is 0 Å². The molecule has 5 heterocycles. The molecule has 6 rings (SSSR count). The van der Waals surface area contributed by atoms with Crippen LogP contribution in [0.1, 0.15) is 30.0 Å². The minimum atomic E-state index is 0.0918. The predicted octanol–water partition coefficient (Wildman–Crippen LogP) is 4.89. The summed E-state index contributed by atoms with van der Waals surface area (Å²) in [6.07, 6.45) is 7.32. The number of imidazole rings is 1. The Morgan fingerprint density at radius 2 is 1.91 bits per heavy atom. The van der Waals surface area contributed by atoms with E-state index in [-0.39, 0.29) is 6.04 Å². The summed E-state index contributed by atoms with van der Waals surface area (Å²) < 4.78 is 1.75. The van der Waals surface area contributed by atoms with Gasteiger partial charge in [-0.05, 0) is 49.1 Å². The summed E-state index contributed by atoms with van der Waals surface area (Å²) in [5.41, 5.74) is 6.40. The standard InChI is InChI=1S/C27H24N8/c1-17-6-5-9-23(32-17)27-26(20-10-11-25-30-16-31-35(25)15-20)33-24(34-27)14-29-18(2)22-13-28-12-19-7-3-4-8-21(19)22/h3-13,15-16,18,29H,14H2,1-2H3,(H,33,34). The number of aromatic nitrogens is 7. The van der Waals surface area contributed by atoms with Crippen molar-refractivity contribution in [1.82, 2.24) is 39.9 Å². The molecular weight excluding hydrogens is 436 g/mol. The van der Waals surface area contributed by atoms with Crippen molar-refractivity contribution in [1.29, 1.82) is 0 Å². The Hall–Kier alpha value is -4.43. The first-order valence-corrected chi connectivity index (χ1v) is 11.5. The Morgan fingerprint density at radius 3 is 2.83 bits per heavy atom. The van der Waals surface area contributed by atoms with Crippen LogP contribution in [0.5, 0.6) is 0 Å². The number of hydrogen-bond donors (Lipinski definition) is 2. The van der Waals surface area contributed by atoms with Crippen molar-refractivity contribution in [3.05, 3.63) is 96.6 Å². The summed E-state index contributed by atoms with van der Waals surface area (Å²) in [7, 11) is 0. The van der Waals surface area contributed by atoms with E-state index in [0.29, 0.717) is 6.54 Å². The summed E-state index contributed by atoms with van der Waals surface area (Å²) in [4.78, 5) is 21.9. The molecule has 6 aromatic rings. The van der Waals surface area contributed by atoms with E-state index in [1.54, 1.807) is 10.8 Å². The fourth-order valence-electron chi connectivity index (χ4n) is 4.38. The second-order valence-corrected chi connectivity index (χ2v) is 8.60. The van der Waals surface area contributed by atoms with E-state index < -0.39 is 0 Å². The van der Waals surface area contributed by atoms with Gasteiger partial charge in [0.1, 0.15) is 12.2 Å². The molecule has 8 heteroatoms. The largest absolute Gasteiger partial charge is 0.339 e. The van der Waals surface area contributed by atoms with E-state index in [4.69, 9.17) is 9.97 Å². The first-order valence-electron chi connectivity index (χ1n) is 11.5. The summed E-state index contributed by atoms with van der Waals surface area (Å²) in [5, 5.41) is 10.2. The molecular formula is C27H24N8. The third-order valence-electron chi connectivity index (χ3n) is 6.19. The van der Waals surface area contributed by atoms with Crippen molar-refractivity contribution in [2.24, 2.45) is 0 Å². The zero-order valence-corrected chi connectivity index (χ0v) is 19.5. The van der Waals surface area contributed by atoms with Crippen molar-refractivity contribution in [3.8, 4) is 22.6 Å². The van der Waals surface area contributed by atoms with Crippen LogP contribution in [-0.2, 0) is 6.54 Å². The number of nitrogens with one attached hydrogen (secondary N) is 2. The molecule has 0 radical (unpaired) electrons. The summed E-state index contributed by atoms with van der Waals surface area (Å²) in [6, 6.07) is 18.4. The average Bonchev–Trinajstić information content (AvgIpc) is 3.53. The quantitative estimate of drug-likeness (QED) is 0.367. The van der Waals surface area contributed by atoms with Gasteiger partial charge in [0.2, 0.25) is 0 Å². The smallest absolute Gasteiger partial charge is 0.155 e. The SMILES string of the molecule is Cc1cccc(-c2[nH]c(CNC(C)c3cncc4ccccc34)nc2-c2ccc3ncnn3c2)n1. The molecule has 0 fully saturated rings. The highest BCUT2D eigenvalue weighted by atomic mass is 15.3. The van der Waals surface area contributed by atoms with Gasteiger partial charge in [0.15, 0.2) is 5.65 Å². The number of benzene rings is 1. The molecule has 0 aliphatic carbocycles. The normalized spacial score (nSPS) is 12.4. The molecule has 1 atom stereocenters. The van der Waals surface area contributed by atoms with Crippen LogP contribution in [0.25, 0.3) is 39.1 Å². The number of rotatable bonds is 6. The fraction of sp³-hybridized carbons (Fsp3) is 0.148. The van der Waals surface area contributed by atoms with Gasteiger partial charge in [-0.25, -0.2) is 14.5 Å². The van der Waals surface area contributed by atoms with Crippen molar-refractivity contribution in [3.63, 3.8) is 0 Å². The minimum absolute atomic E-state index is 0.0918. The lowest BCUT2D eigenvalue weighted by Gasteiger charge is -2.15. The Kier molecular flexibility index (Phi) is 5.27. The van der Waals surface area contributed by atoms with Gasteiger partial charge in [-0.1, -0.05) is 30.3 Å². The van der Waals surface area contributed by atoms with Gasteiger partial charge in [-0.3, -0.25) is 9.97 Å². The van der Waals surface area contributed by atoms with E-state index in [1.807, 2.05) is 61.9 Å². The molecule has 0 bridgehead atoms. The van der Waals surface area contributed by atoms with E-state index in [2.05, 4.69) is 50.5 Å². The number of aryl methyl sites for hydroxylation is 1. The third kappa shape index (κ3) is 4.04. The monoisotopic (exact) mass is 460 g/mol. The highest BCUT2D eigenvalue weighted by Crippen LogP contribution is 2.30. The lowest BCUT2D eigenvalue weighted by atomic mass is 10.0. The zero-order valence-electron chi connectivity index (χ0n) is 19.5. The molecule has 2 N–H and O–H groups in total. The van der Waals surface area contributed by atoms with Crippen LogP contribution < -0.4 is 5.32 Å². The fourth-order valence-corrected chi connectivity index (χ4v) is 4.38. The number of hydrogen-bond acceptors (Lipinski definition) is 6. The van der Waals surface area contributed by atoms with Gasteiger partial charge in [0.05, 0.1) is 23.6 Å². The lowest BCUT2D eigenvalue weighted by molar-refractivity contribution is 0.564. The molecule has 0 aliphatic heterocycles. The number of H-pyrrole nitrogens is 1. The summed E-state index contributed by atoms with van der Waals surface area (Å²) in [6.45, 7) is 4.70. The van der Waals surface area contributed by atoms with Crippen LogP contribution in [0, 0.1) is 6.92 Å². The number of pyridine rings is 3. The Balaban J connectivity index is 1.34. The molecule has 1 unspecified atom stereocenters. The zero-order chi connectivity index (χ0) is 23.8. The number of fused-ring (bicyclic) bond motifs is 2. The Bertz CT molecular complexity index is 1640. The van der Waals surface area contributed by atoms with Gasteiger partial charge in [-0.2, -0.15) is 5.10 Å². The highest BCUT2D eigenvalue weighted by Gasteiger charge is 2.17. The highest BCUT2D eigenvalue weighted by molar-refractivity contribution is 5.85. The van der Waals surface area contributed by atoms with E-state index in [0.717, 1.165) is 50.8 Å². The molecule has 0 saturated carbocycles. The Morgan fingerprint density at radius 1 is 1.00 bits per heavy atom. The summed E-state index contributed by atoms with van der Waals surface area (Å²) in [5.74, 6) is 0.831. The number of nitrogens with zero attached hydrogens (tertiary/aromatic N) is 6. The first kappa shape index (κ1) is 21.1. The first-order chi connectivity index (χ1) is 17.2. The van der Waals surface area contributed by atoms with Crippen molar-refractivity contribution >= 4 is 16.4 Å². The average molecular weight is 461 g/mol. The molecule has 0 aliphatic rings. The van der Waals surface area contributed by atoms with Gasteiger partial charge in [0.25, 0.3) is 0 Å². The maximum Gasteiger partial charge on any atom is 0.155 e. The maximum absolute atomic E-state index is 4.97. The molecule has 35 heavy (non-hydrogen) atoms. The molecule has 0 amide bonds. The van der Waals surface area contributed by atoms with Gasteiger partial charge >= 0.3 is 0 Å². The molecule has 172 valence electrons. The van der Waals surface area contributed by atoms with Crippen LogP contribution in [0.2, 0.25) is 0 Å². The number of aromatic amines is 1. The molecule has 0 saturated heterocycles.